The van der Waals surface area contributed by atoms with Gasteiger partial charge in [-0.3, -0.25) is 10.1 Å². The standard InChI is InChI=1S/C38H36N4O12/c1-3-50-38(49)42-32-18-10-28(11-19-32)36(47)54-23-22-53-35(46)27-8-16-31(17-9-27)41-37(48)40-30-14-6-26(7-15-30)34(45)52-21-20-51-33(44)25-4-12-29(13-5-25)39-24(2)43/h4-19H,3,20-23H2,1-2H3,(H,39,43)(H,42,49)(H2,40,41,48). The normalized spacial score (nSPS) is 10.2. The van der Waals surface area contributed by atoms with E-state index in [9.17, 15) is 33.6 Å². The Bertz CT molecular complexity index is 1950. The summed E-state index contributed by atoms with van der Waals surface area (Å²) in [5, 5.41) is 10.3. The Morgan fingerprint density at radius 2 is 0.685 bits per heavy atom. The van der Waals surface area contributed by atoms with E-state index in [1.54, 1.807) is 19.1 Å². The zero-order chi connectivity index (χ0) is 38.9. The second-order valence-corrected chi connectivity index (χ2v) is 11.0. The molecule has 0 atom stereocenters. The predicted octanol–water partition coefficient (Wildman–Crippen LogP) is 5.89. The van der Waals surface area contributed by atoms with Gasteiger partial charge in [0.1, 0.15) is 26.4 Å². The number of hydrogen-bond acceptors (Lipinski definition) is 12. The molecular weight excluding hydrogens is 704 g/mol. The third kappa shape index (κ3) is 12.8. The third-order valence-corrected chi connectivity index (χ3v) is 6.94. The highest BCUT2D eigenvalue weighted by atomic mass is 16.6. The molecule has 0 fully saturated rings. The number of hydrogen-bond donors (Lipinski definition) is 4. The highest BCUT2D eigenvalue weighted by molar-refractivity contribution is 6.00. The maximum atomic E-state index is 12.5. The lowest BCUT2D eigenvalue weighted by Crippen LogP contribution is -2.19. The fourth-order valence-corrected chi connectivity index (χ4v) is 4.41. The van der Waals surface area contributed by atoms with E-state index in [2.05, 4.69) is 21.3 Å². The van der Waals surface area contributed by atoms with Gasteiger partial charge < -0.3 is 39.6 Å². The maximum Gasteiger partial charge on any atom is 0.411 e. The number of urea groups is 1. The molecule has 280 valence electrons. The Balaban J connectivity index is 1.11. The molecule has 16 heteroatoms. The third-order valence-electron chi connectivity index (χ3n) is 6.94. The van der Waals surface area contributed by atoms with Crippen molar-refractivity contribution in [2.24, 2.45) is 0 Å². The van der Waals surface area contributed by atoms with Crippen molar-refractivity contribution in [1.82, 2.24) is 0 Å². The Labute approximate surface area is 309 Å². The van der Waals surface area contributed by atoms with E-state index >= 15 is 0 Å². The topological polar surface area (TPSA) is 214 Å². The van der Waals surface area contributed by atoms with Crippen LogP contribution in [0.1, 0.15) is 55.3 Å². The molecule has 16 nitrogen and oxygen atoms in total. The Kier molecular flexibility index (Phi) is 14.6. The van der Waals surface area contributed by atoms with E-state index in [0.29, 0.717) is 22.7 Å². The van der Waals surface area contributed by atoms with Gasteiger partial charge in [-0.1, -0.05) is 0 Å². The van der Waals surface area contributed by atoms with Gasteiger partial charge in [-0.15, -0.1) is 0 Å². The van der Waals surface area contributed by atoms with Crippen LogP contribution in [0.2, 0.25) is 0 Å². The van der Waals surface area contributed by atoms with Gasteiger partial charge in [0.25, 0.3) is 0 Å². The monoisotopic (exact) mass is 740 g/mol. The van der Waals surface area contributed by atoms with E-state index < -0.39 is 36.0 Å². The molecule has 0 saturated carbocycles. The molecule has 54 heavy (non-hydrogen) atoms. The van der Waals surface area contributed by atoms with Crippen LogP contribution in [0.3, 0.4) is 0 Å². The molecule has 4 amide bonds. The summed E-state index contributed by atoms with van der Waals surface area (Å²) in [4.78, 5) is 84.3. The second-order valence-electron chi connectivity index (χ2n) is 11.0. The molecule has 0 aliphatic rings. The Hall–Kier alpha value is -7.23. The molecule has 4 aromatic rings. The van der Waals surface area contributed by atoms with Crippen molar-refractivity contribution in [1.29, 1.82) is 0 Å². The zero-order valence-electron chi connectivity index (χ0n) is 29.2. The quantitative estimate of drug-likeness (QED) is 0.0639. The summed E-state index contributed by atoms with van der Waals surface area (Å²) in [7, 11) is 0. The van der Waals surface area contributed by atoms with Crippen LogP contribution in [-0.4, -0.2) is 74.9 Å². The van der Waals surface area contributed by atoms with E-state index in [1.165, 1.54) is 91.9 Å². The van der Waals surface area contributed by atoms with Gasteiger partial charge in [-0.2, -0.15) is 0 Å². The second kappa shape index (κ2) is 20.0. The largest absolute Gasteiger partial charge is 0.458 e. The highest BCUT2D eigenvalue weighted by Gasteiger charge is 2.13. The maximum absolute atomic E-state index is 12.5. The van der Waals surface area contributed by atoms with Gasteiger partial charge in [0.15, 0.2) is 0 Å². The van der Waals surface area contributed by atoms with Gasteiger partial charge in [0.05, 0.1) is 28.9 Å². The lowest BCUT2D eigenvalue weighted by atomic mass is 10.2. The van der Waals surface area contributed by atoms with E-state index in [0.717, 1.165) is 0 Å². The molecule has 0 heterocycles. The van der Waals surface area contributed by atoms with Crippen LogP contribution in [-0.2, 0) is 28.5 Å². The summed E-state index contributed by atoms with van der Waals surface area (Å²) in [6.07, 6.45) is -0.614. The lowest BCUT2D eigenvalue weighted by molar-refractivity contribution is -0.114. The average Bonchev–Trinajstić information content (AvgIpc) is 3.15. The first-order chi connectivity index (χ1) is 26.0. The molecule has 0 spiro atoms. The fourth-order valence-electron chi connectivity index (χ4n) is 4.41. The van der Waals surface area contributed by atoms with Crippen molar-refractivity contribution in [3.05, 3.63) is 119 Å². The van der Waals surface area contributed by atoms with Crippen LogP contribution in [0.5, 0.6) is 0 Å². The summed E-state index contributed by atoms with van der Waals surface area (Å²) in [6.45, 7) is 2.54. The number of rotatable bonds is 15. The zero-order valence-corrected chi connectivity index (χ0v) is 29.2. The lowest BCUT2D eigenvalue weighted by Gasteiger charge is -2.10. The summed E-state index contributed by atoms with van der Waals surface area (Å²) < 4.78 is 25.3. The van der Waals surface area contributed by atoms with Crippen LogP contribution in [0.4, 0.5) is 32.3 Å². The van der Waals surface area contributed by atoms with E-state index in [4.69, 9.17) is 23.7 Å². The molecule has 0 radical (unpaired) electrons. The molecule has 0 saturated heterocycles. The highest BCUT2D eigenvalue weighted by Crippen LogP contribution is 2.15. The molecule has 0 aliphatic heterocycles. The van der Waals surface area contributed by atoms with Gasteiger partial charge in [0, 0.05) is 29.7 Å². The average molecular weight is 741 g/mol. The van der Waals surface area contributed by atoms with Crippen LogP contribution in [0.15, 0.2) is 97.1 Å². The van der Waals surface area contributed by atoms with Crippen molar-refractivity contribution < 1.29 is 57.2 Å². The fraction of sp³-hybridized carbons (Fsp3) is 0.184. The molecule has 0 unspecified atom stereocenters. The Morgan fingerprint density at radius 3 is 0.963 bits per heavy atom. The van der Waals surface area contributed by atoms with Gasteiger partial charge in [-0.05, 0) is 104 Å². The van der Waals surface area contributed by atoms with Crippen molar-refractivity contribution in [3.8, 4) is 0 Å². The minimum absolute atomic E-state index is 0.172. The first-order valence-corrected chi connectivity index (χ1v) is 16.4. The summed E-state index contributed by atoms with van der Waals surface area (Å²) in [5.41, 5.74) is 2.65. The van der Waals surface area contributed by atoms with Crippen molar-refractivity contribution in [2.75, 3.05) is 54.3 Å². The minimum Gasteiger partial charge on any atom is -0.458 e. The summed E-state index contributed by atoms with van der Waals surface area (Å²) in [6, 6.07) is 23.3. The van der Waals surface area contributed by atoms with Crippen molar-refractivity contribution >= 4 is 64.7 Å². The first kappa shape index (κ1) is 39.6. The van der Waals surface area contributed by atoms with Crippen LogP contribution < -0.4 is 21.3 Å². The van der Waals surface area contributed by atoms with E-state index in [1.807, 2.05) is 0 Å². The van der Waals surface area contributed by atoms with Gasteiger partial charge in [-0.25, -0.2) is 28.8 Å². The molecule has 0 aliphatic carbocycles. The SMILES string of the molecule is CCOC(=O)Nc1ccc(C(=O)OCCOC(=O)c2ccc(NC(=O)Nc3ccc(C(=O)OCCOC(=O)c4ccc(NC(C)=O)cc4)cc3)cc2)cc1. The van der Waals surface area contributed by atoms with Crippen LogP contribution in [0, 0.1) is 0 Å². The number of nitrogens with one attached hydrogen (secondary N) is 4. The molecule has 4 N–H and O–H groups in total. The van der Waals surface area contributed by atoms with Crippen molar-refractivity contribution in [2.45, 2.75) is 13.8 Å². The van der Waals surface area contributed by atoms with E-state index in [-0.39, 0.29) is 61.2 Å². The minimum atomic E-state index is -0.664. The molecular formula is C38H36N4O12. The predicted molar refractivity (Wildman–Crippen MR) is 194 cm³/mol. The van der Waals surface area contributed by atoms with Crippen molar-refractivity contribution in [3.63, 3.8) is 0 Å². The van der Waals surface area contributed by atoms with Gasteiger partial charge >= 0.3 is 36.0 Å². The molecule has 0 aromatic heterocycles. The number of benzene rings is 4. The number of anilines is 4. The Morgan fingerprint density at radius 1 is 0.407 bits per heavy atom. The molecule has 4 rings (SSSR count). The molecule has 4 aromatic carbocycles. The number of carbonyl (C=O) groups is 7. The van der Waals surface area contributed by atoms with Gasteiger partial charge in [0.2, 0.25) is 5.91 Å². The first-order valence-electron chi connectivity index (χ1n) is 16.4. The summed E-state index contributed by atoms with van der Waals surface area (Å²) >= 11 is 0. The van der Waals surface area contributed by atoms with Crippen LogP contribution >= 0.6 is 0 Å². The molecule has 0 bridgehead atoms. The summed E-state index contributed by atoms with van der Waals surface area (Å²) in [5.74, 6) is -2.82. The number of carbonyl (C=O) groups excluding carboxylic acids is 7. The smallest absolute Gasteiger partial charge is 0.411 e. The number of esters is 4. The number of amides is 4. The number of ether oxygens (including phenoxy) is 5. The van der Waals surface area contributed by atoms with Crippen LogP contribution in [0.25, 0.3) is 0 Å².